The molecule has 0 heterocycles. The van der Waals surface area contributed by atoms with Crippen LogP contribution in [0.25, 0.3) is 0 Å². The quantitative estimate of drug-likeness (QED) is 0.824. The van der Waals surface area contributed by atoms with Gasteiger partial charge in [-0.1, -0.05) is 25.4 Å². The minimum Gasteiger partial charge on any atom is -0.322 e. The third-order valence-electron chi connectivity index (χ3n) is 3.63. The summed E-state index contributed by atoms with van der Waals surface area (Å²) in [7, 11) is -3.71. The van der Waals surface area contributed by atoms with Crippen molar-refractivity contribution in [1.29, 1.82) is 0 Å². The van der Waals surface area contributed by atoms with Gasteiger partial charge in [0, 0.05) is 18.8 Å². The number of halogens is 2. The molecule has 5 nitrogen and oxygen atoms in total. The molecule has 0 unspecified atom stereocenters. The lowest BCUT2D eigenvalue weighted by Gasteiger charge is -2.19. The number of sulfonamides is 1. The van der Waals surface area contributed by atoms with E-state index in [4.69, 9.17) is 11.6 Å². The molecule has 0 aliphatic carbocycles. The van der Waals surface area contributed by atoms with Gasteiger partial charge in [0.15, 0.2) is 0 Å². The van der Waals surface area contributed by atoms with E-state index < -0.39 is 21.7 Å². The van der Waals surface area contributed by atoms with Gasteiger partial charge in [-0.2, -0.15) is 4.31 Å². The van der Waals surface area contributed by atoms with Gasteiger partial charge in [-0.05, 0) is 42.5 Å². The lowest BCUT2D eigenvalue weighted by Crippen LogP contribution is -2.30. The molecule has 1 amide bonds. The molecule has 2 aromatic rings. The number of nitrogens with zero attached hydrogens (tertiary/aromatic N) is 1. The molecule has 0 aromatic heterocycles. The maximum Gasteiger partial charge on any atom is 0.257 e. The lowest BCUT2D eigenvalue weighted by atomic mass is 10.2. The highest BCUT2D eigenvalue weighted by molar-refractivity contribution is 7.89. The Morgan fingerprint density at radius 3 is 2.28 bits per heavy atom. The van der Waals surface area contributed by atoms with Gasteiger partial charge in [0.2, 0.25) is 10.0 Å². The molecule has 0 fully saturated rings. The van der Waals surface area contributed by atoms with E-state index in [1.165, 1.54) is 46.8 Å². The van der Waals surface area contributed by atoms with E-state index in [9.17, 15) is 17.6 Å². The fourth-order valence-electron chi connectivity index (χ4n) is 2.28. The van der Waals surface area contributed by atoms with Crippen molar-refractivity contribution in [2.75, 3.05) is 18.4 Å². The van der Waals surface area contributed by atoms with Crippen molar-refractivity contribution in [3.8, 4) is 0 Å². The molecule has 0 radical (unpaired) electrons. The van der Waals surface area contributed by atoms with Crippen LogP contribution in [0.1, 0.15) is 24.2 Å². The molecular formula is C17H18ClFN2O3S. The first-order valence-corrected chi connectivity index (χ1v) is 9.48. The maximum atomic E-state index is 12.9. The molecule has 1 N–H and O–H groups in total. The van der Waals surface area contributed by atoms with Crippen LogP contribution < -0.4 is 5.32 Å². The largest absolute Gasteiger partial charge is 0.322 e. The van der Waals surface area contributed by atoms with Gasteiger partial charge in [-0.15, -0.1) is 0 Å². The van der Waals surface area contributed by atoms with E-state index in [-0.39, 0.29) is 15.5 Å². The monoisotopic (exact) mass is 384 g/mol. The first kappa shape index (κ1) is 19.4. The highest BCUT2D eigenvalue weighted by Crippen LogP contribution is 2.24. The Hall–Kier alpha value is -1.96. The second-order valence-electron chi connectivity index (χ2n) is 5.19. The molecule has 0 bridgehead atoms. The van der Waals surface area contributed by atoms with Crippen molar-refractivity contribution in [2.24, 2.45) is 0 Å². The summed E-state index contributed by atoms with van der Waals surface area (Å²) in [5.74, 6) is -1.00. The maximum absolute atomic E-state index is 12.9. The molecule has 0 saturated heterocycles. The van der Waals surface area contributed by atoms with E-state index in [1.54, 1.807) is 13.8 Å². The summed E-state index contributed by atoms with van der Waals surface area (Å²) in [6.45, 7) is 4.11. The smallest absolute Gasteiger partial charge is 0.257 e. The van der Waals surface area contributed by atoms with Crippen LogP contribution in [0.5, 0.6) is 0 Å². The minimum absolute atomic E-state index is 0.00939. The van der Waals surface area contributed by atoms with Crippen LogP contribution in [0.2, 0.25) is 5.02 Å². The number of benzene rings is 2. The Labute approximate surface area is 151 Å². The Morgan fingerprint density at radius 1 is 1.12 bits per heavy atom. The topological polar surface area (TPSA) is 66.5 Å². The van der Waals surface area contributed by atoms with Crippen molar-refractivity contribution in [3.63, 3.8) is 0 Å². The van der Waals surface area contributed by atoms with Gasteiger partial charge in [-0.3, -0.25) is 4.79 Å². The zero-order valence-corrected chi connectivity index (χ0v) is 15.4. The van der Waals surface area contributed by atoms with Gasteiger partial charge in [0.25, 0.3) is 5.91 Å². The number of nitrogens with one attached hydrogen (secondary N) is 1. The third kappa shape index (κ3) is 4.36. The SMILES string of the molecule is CCN(CC)S(=O)(=O)c1ccc(Cl)c(C(=O)Nc2ccc(F)cc2)c1. The Morgan fingerprint density at radius 2 is 1.72 bits per heavy atom. The molecule has 2 aromatic carbocycles. The van der Waals surface area contributed by atoms with Crippen LogP contribution in [0.3, 0.4) is 0 Å². The summed E-state index contributed by atoms with van der Waals surface area (Å²) < 4.78 is 39.4. The summed E-state index contributed by atoms with van der Waals surface area (Å²) >= 11 is 6.05. The lowest BCUT2D eigenvalue weighted by molar-refractivity contribution is 0.102. The van der Waals surface area contributed by atoms with E-state index in [0.717, 1.165) is 0 Å². The Balaban J connectivity index is 2.35. The van der Waals surface area contributed by atoms with Gasteiger partial charge < -0.3 is 5.32 Å². The first-order chi connectivity index (χ1) is 11.8. The summed E-state index contributed by atoms with van der Waals surface area (Å²) in [5, 5.41) is 2.69. The summed E-state index contributed by atoms with van der Waals surface area (Å²) in [6.07, 6.45) is 0. The number of hydrogen-bond donors (Lipinski definition) is 1. The Bertz CT molecular complexity index is 866. The fraction of sp³-hybridized carbons (Fsp3) is 0.235. The molecule has 0 aliphatic rings. The van der Waals surface area contributed by atoms with Crippen LogP contribution in [0, 0.1) is 5.82 Å². The van der Waals surface area contributed by atoms with E-state index >= 15 is 0 Å². The summed E-state index contributed by atoms with van der Waals surface area (Å²) in [5.41, 5.74) is 0.402. The number of carbonyl (C=O) groups is 1. The second-order valence-corrected chi connectivity index (χ2v) is 7.54. The molecule has 0 aliphatic heterocycles. The number of amides is 1. The van der Waals surface area contributed by atoms with Gasteiger partial charge in [0.1, 0.15) is 5.82 Å². The van der Waals surface area contributed by atoms with Crippen molar-refractivity contribution >= 4 is 33.2 Å². The zero-order valence-electron chi connectivity index (χ0n) is 13.8. The molecular weight excluding hydrogens is 367 g/mol. The van der Waals surface area contributed by atoms with Crippen molar-refractivity contribution in [2.45, 2.75) is 18.7 Å². The van der Waals surface area contributed by atoms with Crippen LogP contribution in [0.4, 0.5) is 10.1 Å². The van der Waals surface area contributed by atoms with Crippen molar-refractivity contribution < 1.29 is 17.6 Å². The number of carbonyl (C=O) groups excluding carboxylic acids is 1. The standard InChI is InChI=1S/C17H18ClFN2O3S/c1-3-21(4-2)25(23,24)14-9-10-16(18)15(11-14)17(22)20-13-7-5-12(19)6-8-13/h5-11H,3-4H2,1-2H3,(H,20,22). The van der Waals surface area contributed by atoms with Gasteiger partial charge in [-0.25, -0.2) is 12.8 Å². The average molecular weight is 385 g/mol. The van der Waals surface area contributed by atoms with E-state index in [1.807, 2.05) is 0 Å². The second kappa shape index (κ2) is 7.95. The predicted octanol–water partition coefficient (Wildman–Crippen LogP) is 3.76. The summed E-state index contributed by atoms with van der Waals surface area (Å²) in [6, 6.07) is 9.20. The van der Waals surface area contributed by atoms with E-state index in [2.05, 4.69) is 5.32 Å². The van der Waals surface area contributed by atoms with Gasteiger partial charge in [0.05, 0.1) is 15.5 Å². The number of anilines is 1. The molecule has 0 atom stereocenters. The molecule has 0 spiro atoms. The highest BCUT2D eigenvalue weighted by Gasteiger charge is 2.23. The van der Waals surface area contributed by atoms with Crippen LogP contribution in [-0.2, 0) is 10.0 Å². The predicted molar refractivity (Wildman–Crippen MR) is 95.9 cm³/mol. The van der Waals surface area contributed by atoms with E-state index in [0.29, 0.717) is 18.8 Å². The highest BCUT2D eigenvalue weighted by atomic mass is 35.5. The molecule has 8 heteroatoms. The molecule has 0 saturated carbocycles. The number of hydrogen-bond acceptors (Lipinski definition) is 3. The molecule has 25 heavy (non-hydrogen) atoms. The fourth-order valence-corrected chi connectivity index (χ4v) is 3.97. The van der Waals surface area contributed by atoms with Gasteiger partial charge >= 0.3 is 0 Å². The van der Waals surface area contributed by atoms with Crippen molar-refractivity contribution in [1.82, 2.24) is 4.31 Å². The Kier molecular flexibility index (Phi) is 6.16. The first-order valence-electron chi connectivity index (χ1n) is 7.66. The minimum atomic E-state index is -3.71. The third-order valence-corrected chi connectivity index (χ3v) is 6.00. The average Bonchev–Trinajstić information content (AvgIpc) is 2.58. The molecule has 134 valence electrons. The number of rotatable bonds is 6. The van der Waals surface area contributed by atoms with Crippen LogP contribution in [-0.4, -0.2) is 31.7 Å². The van der Waals surface area contributed by atoms with Crippen molar-refractivity contribution in [3.05, 3.63) is 58.9 Å². The van der Waals surface area contributed by atoms with Crippen LogP contribution in [0.15, 0.2) is 47.4 Å². The zero-order chi connectivity index (χ0) is 18.6. The summed E-state index contributed by atoms with van der Waals surface area (Å²) in [4.78, 5) is 12.4. The van der Waals surface area contributed by atoms with Crippen LogP contribution >= 0.6 is 11.6 Å². The molecule has 2 rings (SSSR count). The normalized spacial score (nSPS) is 11.6.